The van der Waals surface area contributed by atoms with Gasteiger partial charge < -0.3 is 14.1 Å². The van der Waals surface area contributed by atoms with Crippen LogP contribution < -0.4 is 10.4 Å². The average molecular weight is 404 g/mol. The zero-order valence-corrected chi connectivity index (χ0v) is 17.9. The van der Waals surface area contributed by atoms with Gasteiger partial charge >= 0.3 is 5.63 Å². The van der Waals surface area contributed by atoms with E-state index >= 15 is 0 Å². The Kier molecular flexibility index (Phi) is 6.70. The number of rotatable bonds is 6. The molecule has 28 heavy (non-hydrogen) atoms. The van der Waals surface area contributed by atoms with Gasteiger partial charge in [-0.05, 0) is 62.3 Å². The molecule has 1 aliphatic heterocycles. The Balaban J connectivity index is 1.82. The van der Waals surface area contributed by atoms with Crippen molar-refractivity contribution >= 4 is 28.6 Å². The van der Waals surface area contributed by atoms with E-state index in [9.17, 15) is 9.59 Å². The minimum atomic E-state index is -0.596. The number of carbonyl (C=O) groups is 1. The molecule has 1 aliphatic rings. The molecular weight excluding hydrogens is 374 g/mol. The first-order chi connectivity index (χ1) is 13.4. The highest BCUT2D eigenvalue weighted by Gasteiger charge is 2.27. The Bertz CT molecular complexity index is 901. The van der Waals surface area contributed by atoms with Crippen LogP contribution in [0.3, 0.4) is 0 Å². The van der Waals surface area contributed by atoms with E-state index < -0.39 is 6.10 Å². The molecule has 152 valence electrons. The fourth-order valence-corrected chi connectivity index (χ4v) is 4.87. The zero-order valence-electron chi connectivity index (χ0n) is 17.1. The van der Waals surface area contributed by atoms with Crippen LogP contribution in [0.2, 0.25) is 0 Å². The lowest BCUT2D eigenvalue weighted by Crippen LogP contribution is -2.45. The lowest BCUT2D eigenvalue weighted by Gasteiger charge is -2.32. The van der Waals surface area contributed by atoms with Crippen molar-refractivity contribution in [2.45, 2.75) is 58.6 Å². The van der Waals surface area contributed by atoms with Gasteiger partial charge in [0.2, 0.25) is 0 Å². The molecule has 6 heteroatoms. The third-order valence-electron chi connectivity index (χ3n) is 5.45. The maximum Gasteiger partial charge on any atom is 0.336 e. The quantitative estimate of drug-likeness (QED) is 0.678. The molecule has 1 saturated heterocycles. The summed E-state index contributed by atoms with van der Waals surface area (Å²) in [4.78, 5) is 26.6. The van der Waals surface area contributed by atoms with Gasteiger partial charge in [-0.15, -0.1) is 0 Å². The van der Waals surface area contributed by atoms with E-state index in [-0.39, 0.29) is 17.6 Å². The topological polar surface area (TPSA) is 59.8 Å². The van der Waals surface area contributed by atoms with Crippen LogP contribution in [0.1, 0.15) is 44.2 Å². The Hall–Kier alpha value is -1.95. The summed E-state index contributed by atoms with van der Waals surface area (Å²) in [6, 6.07) is 5.64. The van der Waals surface area contributed by atoms with E-state index in [0.717, 1.165) is 53.7 Å². The largest absolute Gasteiger partial charge is 0.480 e. The van der Waals surface area contributed by atoms with Crippen molar-refractivity contribution in [3.05, 3.63) is 39.7 Å². The Morgan fingerprint density at radius 1 is 1.36 bits per heavy atom. The molecule has 1 aromatic carbocycles. The van der Waals surface area contributed by atoms with E-state index in [0.29, 0.717) is 11.3 Å². The molecule has 5 nitrogen and oxygen atoms in total. The number of ether oxygens (including phenoxy) is 1. The molecule has 0 aliphatic carbocycles. The fraction of sp³-hybridized carbons (Fsp3) is 0.545. The van der Waals surface area contributed by atoms with Gasteiger partial charge in [-0.2, -0.15) is 11.8 Å². The maximum absolute atomic E-state index is 12.8. The zero-order chi connectivity index (χ0) is 20.3. The molecule has 2 heterocycles. The number of benzene rings is 1. The summed E-state index contributed by atoms with van der Waals surface area (Å²) in [7, 11) is 1.87. The third kappa shape index (κ3) is 4.37. The monoisotopic (exact) mass is 403 g/mol. The SMILES string of the molecule is CCCc1cc(=O)oc2c(C)c(OC(C)C(=O)N(C)C3CCSCC3)ccc12. The van der Waals surface area contributed by atoms with Gasteiger partial charge in [0.25, 0.3) is 5.91 Å². The van der Waals surface area contributed by atoms with Gasteiger partial charge in [-0.25, -0.2) is 4.79 Å². The molecule has 0 N–H and O–H groups in total. The Labute approximate surface area is 170 Å². The Morgan fingerprint density at radius 2 is 2.07 bits per heavy atom. The number of thioether (sulfide) groups is 1. The second-order valence-corrected chi connectivity index (χ2v) is 8.68. The first-order valence-electron chi connectivity index (χ1n) is 9.99. The van der Waals surface area contributed by atoms with E-state index in [1.807, 2.05) is 42.8 Å². The normalized spacial score (nSPS) is 16.1. The van der Waals surface area contributed by atoms with Crippen molar-refractivity contribution < 1.29 is 13.9 Å². The third-order valence-corrected chi connectivity index (χ3v) is 6.50. The van der Waals surface area contributed by atoms with Crippen LogP contribution in [0, 0.1) is 6.92 Å². The van der Waals surface area contributed by atoms with E-state index in [2.05, 4.69) is 6.92 Å². The van der Waals surface area contributed by atoms with Crippen LogP contribution in [-0.2, 0) is 11.2 Å². The van der Waals surface area contributed by atoms with Crippen molar-refractivity contribution in [3.8, 4) is 5.75 Å². The van der Waals surface area contributed by atoms with Crippen LogP contribution in [0.15, 0.2) is 27.4 Å². The number of likely N-dealkylation sites (N-methyl/N-ethyl adjacent to an activating group) is 1. The molecule has 1 unspecified atom stereocenters. The van der Waals surface area contributed by atoms with Gasteiger partial charge in [-0.1, -0.05) is 13.3 Å². The van der Waals surface area contributed by atoms with Crippen LogP contribution in [0.25, 0.3) is 11.0 Å². The number of amides is 1. The highest BCUT2D eigenvalue weighted by molar-refractivity contribution is 7.99. The molecule has 1 aromatic heterocycles. The van der Waals surface area contributed by atoms with Crippen LogP contribution >= 0.6 is 11.8 Å². The van der Waals surface area contributed by atoms with E-state index in [4.69, 9.17) is 9.15 Å². The predicted octanol–water partition coefficient (Wildman–Crippen LogP) is 4.18. The first-order valence-corrected chi connectivity index (χ1v) is 11.1. The second-order valence-electron chi connectivity index (χ2n) is 7.46. The molecule has 3 rings (SSSR count). The molecule has 1 fully saturated rings. The van der Waals surface area contributed by atoms with Gasteiger partial charge in [-0.3, -0.25) is 4.79 Å². The van der Waals surface area contributed by atoms with Crippen molar-refractivity contribution in [1.29, 1.82) is 0 Å². The number of hydrogen-bond donors (Lipinski definition) is 0. The summed E-state index contributed by atoms with van der Waals surface area (Å²) in [6.07, 6.45) is 3.23. The smallest absolute Gasteiger partial charge is 0.336 e. The number of aryl methyl sites for hydroxylation is 2. The lowest BCUT2D eigenvalue weighted by molar-refractivity contribution is -0.138. The molecule has 0 spiro atoms. The molecule has 0 bridgehead atoms. The lowest BCUT2D eigenvalue weighted by atomic mass is 10.0. The number of fused-ring (bicyclic) bond motifs is 1. The van der Waals surface area contributed by atoms with Gasteiger partial charge in [0.05, 0.1) is 0 Å². The van der Waals surface area contributed by atoms with Gasteiger partial charge in [0.1, 0.15) is 11.3 Å². The van der Waals surface area contributed by atoms with Crippen molar-refractivity contribution in [1.82, 2.24) is 4.90 Å². The molecule has 0 radical (unpaired) electrons. The first kappa shape index (κ1) is 20.8. The van der Waals surface area contributed by atoms with E-state index in [1.54, 1.807) is 13.0 Å². The number of hydrogen-bond acceptors (Lipinski definition) is 5. The molecular formula is C22H29NO4S. The van der Waals surface area contributed by atoms with E-state index in [1.165, 1.54) is 0 Å². The summed E-state index contributed by atoms with van der Waals surface area (Å²) in [5, 5.41) is 0.933. The fourth-order valence-electron chi connectivity index (χ4n) is 3.79. The molecule has 2 aromatic rings. The van der Waals surface area contributed by atoms with Crippen molar-refractivity contribution in [3.63, 3.8) is 0 Å². The van der Waals surface area contributed by atoms with Crippen molar-refractivity contribution in [2.24, 2.45) is 0 Å². The minimum Gasteiger partial charge on any atom is -0.480 e. The highest BCUT2D eigenvalue weighted by Crippen LogP contribution is 2.30. The maximum atomic E-state index is 12.8. The number of carbonyl (C=O) groups excluding carboxylic acids is 1. The van der Waals surface area contributed by atoms with Crippen molar-refractivity contribution in [2.75, 3.05) is 18.6 Å². The van der Waals surface area contributed by atoms with Crippen LogP contribution in [0.5, 0.6) is 5.75 Å². The minimum absolute atomic E-state index is 0.0161. The molecule has 0 saturated carbocycles. The van der Waals surface area contributed by atoms with Gasteiger partial charge in [0.15, 0.2) is 6.10 Å². The standard InChI is InChI=1S/C22H29NO4S/c1-5-6-16-13-20(24)27-21-14(2)19(8-7-18(16)21)26-15(3)22(25)23(4)17-9-11-28-12-10-17/h7-8,13,15,17H,5-6,9-12H2,1-4H3. The summed E-state index contributed by atoms with van der Waals surface area (Å²) in [5.74, 6) is 2.76. The Morgan fingerprint density at radius 3 is 2.75 bits per heavy atom. The summed E-state index contributed by atoms with van der Waals surface area (Å²) < 4.78 is 11.5. The predicted molar refractivity (Wildman–Crippen MR) is 114 cm³/mol. The molecule has 1 amide bonds. The average Bonchev–Trinajstić information content (AvgIpc) is 2.70. The van der Waals surface area contributed by atoms with Crippen LogP contribution in [0.4, 0.5) is 0 Å². The summed E-state index contributed by atoms with van der Waals surface area (Å²) >= 11 is 1.94. The summed E-state index contributed by atoms with van der Waals surface area (Å²) in [6.45, 7) is 5.74. The van der Waals surface area contributed by atoms with Gasteiger partial charge in [0, 0.05) is 30.1 Å². The number of nitrogens with zero attached hydrogens (tertiary/aromatic N) is 1. The summed E-state index contributed by atoms with van der Waals surface area (Å²) in [5.41, 5.74) is 1.94. The second kappa shape index (κ2) is 9.03. The van der Waals surface area contributed by atoms with Crippen LogP contribution in [-0.4, -0.2) is 41.5 Å². The highest BCUT2D eigenvalue weighted by atomic mass is 32.2. The molecule has 1 atom stereocenters.